The minimum absolute atomic E-state index is 0.444. The van der Waals surface area contributed by atoms with Gasteiger partial charge >= 0.3 is 0 Å². The zero-order valence-corrected chi connectivity index (χ0v) is 10.9. The van der Waals surface area contributed by atoms with Crippen molar-refractivity contribution in [3.63, 3.8) is 0 Å². The van der Waals surface area contributed by atoms with Crippen LogP contribution in [0.5, 0.6) is 0 Å². The molecule has 0 N–H and O–H groups in total. The first-order valence-electron chi connectivity index (χ1n) is 6.23. The normalized spacial score (nSPS) is 13.8. The lowest BCUT2D eigenvalue weighted by Gasteiger charge is -2.15. The molecule has 2 aromatic carbocycles. The van der Waals surface area contributed by atoms with E-state index < -0.39 is 28.4 Å². The van der Waals surface area contributed by atoms with Crippen LogP contribution in [0, 0.1) is 20.2 Å². The molecule has 2 atom stereocenters. The molecule has 0 saturated carbocycles. The van der Waals surface area contributed by atoms with Crippen LogP contribution in [0.3, 0.4) is 0 Å². The standard InChI is InChI=1S/C14H14N2O4/c1-10(16(19)20)14(9-15(17)18)13-7-6-11-4-2-3-5-12(11)8-13/h2-8,10,14H,9H2,1H3. The molecule has 0 aromatic heterocycles. The molecule has 0 aliphatic carbocycles. The van der Waals surface area contributed by atoms with Crippen molar-refractivity contribution < 1.29 is 9.85 Å². The van der Waals surface area contributed by atoms with Crippen LogP contribution in [0.25, 0.3) is 10.8 Å². The molecule has 104 valence electrons. The van der Waals surface area contributed by atoms with Gasteiger partial charge in [0, 0.05) is 16.8 Å². The summed E-state index contributed by atoms with van der Waals surface area (Å²) in [4.78, 5) is 20.7. The first kappa shape index (κ1) is 13.9. The molecule has 0 aliphatic rings. The van der Waals surface area contributed by atoms with Crippen molar-refractivity contribution in [3.8, 4) is 0 Å². The molecule has 0 spiro atoms. The van der Waals surface area contributed by atoms with Gasteiger partial charge in [0.05, 0.1) is 0 Å². The van der Waals surface area contributed by atoms with Gasteiger partial charge in [-0.1, -0.05) is 42.5 Å². The maximum atomic E-state index is 10.9. The van der Waals surface area contributed by atoms with Crippen LogP contribution in [-0.4, -0.2) is 22.4 Å². The summed E-state index contributed by atoms with van der Waals surface area (Å²) < 4.78 is 0. The maximum absolute atomic E-state index is 10.9. The molecule has 2 aromatic rings. The van der Waals surface area contributed by atoms with Gasteiger partial charge in [-0.05, 0) is 16.3 Å². The van der Waals surface area contributed by atoms with Gasteiger partial charge in [-0.15, -0.1) is 0 Å². The van der Waals surface area contributed by atoms with Crippen LogP contribution in [-0.2, 0) is 0 Å². The zero-order valence-electron chi connectivity index (χ0n) is 10.9. The van der Waals surface area contributed by atoms with Crippen LogP contribution in [0.15, 0.2) is 42.5 Å². The minimum Gasteiger partial charge on any atom is -0.265 e. The summed E-state index contributed by atoms with van der Waals surface area (Å²) in [5.41, 5.74) is 0.629. The SMILES string of the molecule is CC(C(C[N+](=O)[O-])c1ccc2ccccc2c1)[N+](=O)[O-]. The van der Waals surface area contributed by atoms with Crippen LogP contribution >= 0.6 is 0 Å². The average molecular weight is 274 g/mol. The number of benzene rings is 2. The third-order valence-electron chi connectivity index (χ3n) is 3.46. The summed E-state index contributed by atoms with van der Waals surface area (Å²) in [5.74, 6) is -0.732. The maximum Gasteiger partial charge on any atom is 0.223 e. The highest BCUT2D eigenvalue weighted by Crippen LogP contribution is 2.25. The number of fused-ring (bicyclic) bond motifs is 1. The third kappa shape index (κ3) is 2.90. The van der Waals surface area contributed by atoms with Crippen molar-refractivity contribution in [1.82, 2.24) is 0 Å². The Bertz CT molecular complexity index is 656. The highest BCUT2D eigenvalue weighted by atomic mass is 16.6. The van der Waals surface area contributed by atoms with Crippen molar-refractivity contribution in [2.75, 3.05) is 6.54 Å². The topological polar surface area (TPSA) is 86.3 Å². The fraction of sp³-hybridized carbons (Fsp3) is 0.286. The molecule has 0 saturated heterocycles. The molecule has 0 aliphatic heterocycles. The Kier molecular flexibility index (Phi) is 3.93. The van der Waals surface area contributed by atoms with Crippen molar-refractivity contribution in [1.29, 1.82) is 0 Å². The summed E-state index contributed by atoms with van der Waals surface area (Å²) in [7, 11) is 0. The van der Waals surface area contributed by atoms with Gasteiger partial charge < -0.3 is 0 Å². The molecule has 20 heavy (non-hydrogen) atoms. The Morgan fingerprint density at radius 2 is 1.70 bits per heavy atom. The Morgan fingerprint density at radius 1 is 1.05 bits per heavy atom. The largest absolute Gasteiger partial charge is 0.265 e. The van der Waals surface area contributed by atoms with E-state index in [0.29, 0.717) is 5.56 Å². The summed E-state index contributed by atoms with van der Waals surface area (Å²) in [6, 6.07) is 11.9. The van der Waals surface area contributed by atoms with E-state index in [1.807, 2.05) is 30.3 Å². The Balaban J connectivity index is 2.44. The smallest absolute Gasteiger partial charge is 0.223 e. The molecule has 2 unspecified atom stereocenters. The Morgan fingerprint density at radius 3 is 2.30 bits per heavy atom. The zero-order chi connectivity index (χ0) is 14.7. The fourth-order valence-corrected chi connectivity index (χ4v) is 2.28. The van der Waals surface area contributed by atoms with E-state index in [1.54, 1.807) is 12.1 Å². The van der Waals surface area contributed by atoms with E-state index in [-0.39, 0.29) is 0 Å². The van der Waals surface area contributed by atoms with Gasteiger partial charge in [0.25, 0.3) is 0 Å². The lowest BCUT2D eigenvalue weighted by Crippen LogP contribution is -2.29. The highest BCUT2D eigenvalue weighted by Gasteiger charge is 2.32. The predicted octanol–water partition coefficient (Wildman–Crippen LogP) is 2.87. The van der Waals surface area contributed by atoms with E-state index in [9.17, 15) is 20.2 Å². The van der Waals surface area contributed by atoms with Crippen LogP contribution < -0.4 is 0 Å². The first-order chi connectivity index (χ1) is 9.49. The van der Waals surface area contributed by atoms with Crippen LogP contribution in [0.2, 0.25) is 0 Å². The molecule has 6 nitrogen and oxygen atoms in total. The molecule has 0 radical (unpaired) electrons. The number of hydrogen-bond donors (Lipinski definition) is 0. The van der Waals surface area contributed by atoms with Gasteiger partial charge in [0.15, 0.2) is 0 Å². The van der Waals surface area contributed by atoms with Crippen molar-refractivity contribution in [2.24, 2.45) is 0 Å². The lowest BCUT2D eigenvalue weighted by atomic mass is 9.91. The van der Waals surface area contributed by atoms with E-state index in [2.05, 4.69) is 0 Å². The second-order valence-corrected chi connectivity index (χ2v) is 4.75. The van der Waals surface area contributed by atoms with E-state index in [4.69, 9.17) is 0 Å². The monoisotopic (exact) mass is 274 g/mol. The second-order valence-electron chi connectivity index (χ2n) is 4.75. The van der Waals surface area contributed by atoms with E-state index in [1.165, 1.54) is 6.92 Å². The van der Waals surface area contributed by atoms with Gasteiger partial charge in [0.1, 0.15) is 5.92 Å². The summed E-state index contributed by atoms with van der Waals surface area (Å²) in [6.07, 6.45) is 0. The quantitative estimate of drug-likeness (QED) is 0.619. The molecule has 0 fully saturated rings. The number of hydrogen-bond acceptors (Lipinski definition) is 4. The average Bonchev–Trinajstić information content (AvgIpc) is 2.43. The third-order valence-corrected chi connectivity index (χ3v) is 3.46. The predicted molar refractivity (Wildman–Crippen MR) is 75.0 cm³/mol. The Hall–Kier alpha value is -2.50. The highest BCUT2D eigenvalue weighted by molar-refractivity contribution is 5.83. The Labute approximate surface area is 115 Å². The number of nitrogens with zero attached hydrogens (tertiary/aromatic N) is 2. The van der Waals surface area contributed by atoms with Crippen LogP contribution in [0.4, 0.5) is 0 Å². The molecular weight excluding hydrogens is 260 g/mol. The van der Waals surface area contributed by atoms with E-state index >= 15 is 0 Å². The van der Waals surface area contributed by atoms with Crippen molar-refractivity contribution in [3.05, 3.63) is 68.3 Å². The second kappa shape index (κ2) is 5.64. The lowest BCUT2D eigenvalue weighted by molar-refractivity contribution is -0.543. The molecular formula is C14H14N2O4. The van der Waals surface area contributed by atoms with Gasteiger partial charge in [-0.2, -0.15) is 0 Å². The molecule has 0 amide bonds. The molecule has 0 bridgehead atoms. The summed E-state index contributed by atoms with van der Waals surface area (Å²) in [5, 5.41) is 23.6. The molecule has 2 rings (SSSR count). The van der Waals surface area contributed by atoms with Crippen LogP contribution in [0.1, 0.15) is 18.4 Å². The first-order valence-corrected chi connectivity index (χ1v) is 6.23. The number of rotatable bonds is 5. The fourth-order valence-electron chi connectivity index (χ4n) is 2.28. The molecule has 0 heterocycles. The molecule has 6 heteroatoms. The van der Waals surface area contributed by atoms with Gasteiger partial charge in [-0.3, -0.25) is 20.2 Å². The van der Waals surface area contributed by atoms with E-state index in [0.717, 1.165) is 10.8 Å². The number of nitro groups is 2. The summed E-state index contributed by atoms with van der Waals surface area (Å²) in [6.45, 7) is 0.962. The van der Waals surface area contributed by atoms with Crippen molar-refractivity contribution >= 4 is 10.8 Å². The van der Waals surface area contributed by atoms with Gasteiger partial charge in [0.2, 0.25) is 12.6 Å². The minimum atomic E-state index is -0.999. The summed E-state index contributed by atoms with van der Waals surface area (Å²) >= 11 is 0. The van der Waals surface area contributed by atoms with Crippen molar-refractivity contribution in [2.45, 2.75) is 18.9 Å². The van der Waals surface area contributed by atoms with Gasteiger partial charge in [-0.25, -0.2) is 0 Å².